The van der Waals surface area contributed by atoms with E-state index in [4.69, 9.17) is 0 Å². The van der Waals surface area contributed by atoms with Crippen molar-refractivity contribution >= 4 is 11.8 Å². The van der Waals surface area contributed by atoms with Crippen LogP contribution in [0.4, 0.5) is 0 Å². The smallest absolute Gasteiger partial charge is 0.0695 e. The molecule has 0 fully saturated rings. The number of nitrogens with one attached hydrogen (secondary N) is 2. The Hall–Kier alpha value is -1.30. The van der Waals surface area contributed by atoms with Crippen LogP contribution in [0.1, 0.15) is 12.5 Å². The standard InChI is InChI=1S/C15H21N3OS/c1-11(14(10-19)20-2)16-8-13-9-17-18-15(13)12-6-4-3-5-7-12/h3-7,9,11,14,16,19H,8,10H2,1-2H3,(H,17,18). The highest BCUT2D eigenvalue weighted by Crippen LogP contribution is 2.21. The number of nitrogens with zero attached hydrogens (tertiary/aromatic N) is 1. The number of aromatic amines is 1. The summed E-state index contributed by atoms with van der Waals surface area (Å²) in [5.41, 5.74) is 3.33. The minimum atomic E-state index is 0.187. The number of rotatable bonds is 7. The van der Waals surface area contributed by atoms with E-state index in [1.165, 1.54) is 0 Å². The summed E-state index contributed by atoms with van der Waals surface area (Å²) >= 11 is 1.68. The Kier molecular flexibility index (Phi) is 5.64. The molecule has 20 heavy (non-hydrogen) atoms. The van der Waals surface area contributed by atoms with Gasteiger partial charge in [-0.2, -0.15) is 16.9 Å². The van der Waals surface area contributed by atoms with Gasteiger partial charge in [0.1, 0.15) is 0 Å². The summed E-state index contributed by atoms with van der Waals surface area (Å²) in [7, 11) is 0. The van der Waals surface area contributed by atoms with E-state index in [1.807, 2.05) is 30.7 Å². The van der Waals surface area contributed by atoms with Gasteiger partial charge >= 0.3 is 0 Å². The number of aliphatic hydroxyl groups is 1. The van der Waals surface area contributed by atoms with E-state index in [2.05, 4.69) is 34.6 Å². The third-order valence-electron chi connectivity index (χ3n) is 3.44. The molecule has 0 aliphatic rings. The van der Waals surface area contributed by atoms with Crippen LogP contribution in [-0.4, -0.2) is 39.5 Å². The Balaban J connectivity index is 2.03. The van der Waals surface area contributed by atoms with Gasteiger partial charge in [0.25, 0.3) is 0 Å². The maximum Gasteiger partial charge on any atom is 0.0695 e. The number of H-pyrrole nitrogens is 1. The molecule has 0 radical (unpaired) electrons. The Morgan fingerprint density at radius 3 is 2.75 bits per heavy atom. The van der Waals surface area contributed by atoms with Crippen LogP contribution in [0.15, 0.2) is 36.5 Å². The second-order valence-electron chi connectivity index (χ2n) is 4.76. The lowest BCUT2D eigenvalue weighted by Crippen LogP contribution is -2.37. The molecule has 1 heterocycles. The first-order valence-electron chi connectivity index (χ1n) is 6.71. The van der Waals surface area contributed by atoms with Crippen molar-refractivity contribution in [1.82, 2.24) is 15.5 Å². The summed E-state index contributed by atoms with van der Waals surface area (Å²) in [5.74, 6) is 0. The zero-order valence-electron chi connectivity index (χ0n) is 11.8. The van der Waals surface area contributed by atoms with Gasteiger partial charge < -0.3 is 10.4 Å². The molecule has 0 spiro atoms. The van der Waals surface area contributed by atoms with Crippen molar-refractivity contribution in [3.8, 4) is 11.3 Å². The minimum Gasteiger partial charge on any atom is -0.395 e. The normalized spacial score (nSPS) is 14.2. The lowest BCUT2D eigenvalue weighted by Gasteiger charge is -2.21. The highest BCUT2D eigenvalue weighted by molar-refractivity contribution is 7.99. The molecule has 108 valence electrons. The average Bonchev–Trinajstić information content (AvgIpc) is 2.95. The fourth-order valence-corrected chi connectivity index (χ4v) is 2.79. The van der Waals surface area contributed by atoms with E-state index in [-0.39, 0.29) is 17.9 Å². The highest BCUT2D eigenvalue weighted by Gasteiger charge is 2.15. The molecule has 2 unspecified atom stereocenters. The van der Waals surface area contributed by atoms with Gasteiger partial charge in [-0.3, -0.25) is 5.10 Å². The molecule has 2 aromatic rings. The molecule has 0 aliphatic carbocycles. The molecular weight excluding hydrogens is 270 g/mol. The first kappa shape index (κ1) is 15.1. The molecule has 0 bridgehead atoms. The van der Waals surface area contributed by atoms with Crippen molar-refractivity contribution in [2.45, 2.75) is 24.8 Å². The van der Waals surface area contributed by atoms with E-state index in [0.717, 1.165) is 23.4 Å². The zero-order chi connectivity index (χ0) is 14.4. The summed E-state index contributed by atoms with van der Waals surface area (Å²) in [5, 5.41) is 20.2. The molecule has 0 aliphatic heterocycles. The number of aliphatic hydroxyl groups excluding tert-OH is 1. The van der Waals surface area contributed by atoms with Crippen LogP contribution < -0.4 is 5.32 Å². The monoisotopic (exact) mass is 291 g/mol. The van der Waals surface area contributed by atoms with Gasteiger partial charge in [-0.05, 0) is 18.7 Å². The van der Waals surface area contributed by atoms with Crippen molar-refractivity contribution < 1.29 is 5.11 Å². The topological polar surface area (TPSA) is 60.9 Å². The number of thioether (sulfide) groups is 1. The highest BCUT2D eigenvalue weighted by atomic mass is 32.2. The van der Waals surface area contributed by atoms with Gasteiger partial charge in [0.05, 0.1) is 18.5 Å². The van der Waals surface area contributed by atoms with Gasteiger partial charge in [-0.25, -0.2) is 0 Å². The molecule has 0 amide bonds. The van der Waals surface area contributed by atoms with Crippen molar-refractivity contribution in [3.05, 3.63) is 42.1 Å². The van der Waals surface area contributed by atoms with Crippen LogP contribution in [-0.2, 0) is 6.54 Å². The van der Waals surface area contributed by atoms with Crippen LogP contribution in [0, 0.1) is 0 Å². The minimum absolute atomic E-state index is 0.187. The van der Waals surface area contributed by atoms with Crippen molar-refractivity contribution in [2.75, 3.05) is 12.9 Å². The summed E-state index contributed by atoms with van der Waals surface area (Å²) in [4.78, 5) is 0. The van der Waals surface area contributed by atoms with E-state index in [0.29, 0.717) is 0 Å². The lowest BCUT2D eigenvalue weighted by molar-refractivity contribution is 0.276. The molecule has 2 atom stereocenters. The van der Waals surface area contributed by atoms with Crippen LogP contribution in [0.5, 0.6) is 0 Å². The van der Waals surface area contributed by atoms with E-state index >= 15 is 0 Å². The largest absolute Gasteiger partial charge is 0.395 e. The summed E-state index contributed by atoms with van der Waals surface area (Å²) in [6, 6.07) is 10.4. The Morgan fingerprint density at radius 2 is 2.10 bits per heavy atom. The number of benzene rings is 1. The number of aromatic nitrogens is 2. The first-order chi connectivity index (χ1) is 9.76. The molecule has 4 nitrogen and oxygen atoms in total. The third-order valence-corrected chi connectivity index (χ3v) is 4.60. The molecule has 1 aromatic heterocycles. The summed E-state index contributed by atoms with van der Waals surface area (Å²) < 4.78 is 0. The van der Waals surface area contributed by atoms with Gasteiger partial charge in [-0.15, -0.1) is 0 Å². The number of hydrogen-bond acceptors (Lipinski definition) is 4. The predicted octanol–water partition coefficient (Wildman–Crippen LogP) is 2.28. The maximum atomic E-state index is 9.31. The van der Waals surface area contributed by atoms with Crippen LogP contribution in [0.2, 0.25) is 0 Å². The fourth-order valence-electron chi connectivity index (χ4n) is 2.14. The van der Waals surface area contributed by atoms with Crippen molar-refractivity contribution in [1.29, 1.82) is 0 Å². The Bertz CT molecular complexity index is 511. The first-order valence-corrected chi connectivity index (χ1v) is 7.99. The molecule has 1 aromatic carbocycles. The molecule has 3 N–H and O–H groups in total. The predicted molar refractivity (Wildman–Crippen MR) is 84.7 cm³/mol. The zero-order valence-corrected chi connectivity index (χ0v) is 12.7. The Labute approximate surface area is 124 Å². The Morgan fingerprint density at radius 1 is 1.35 bits per heavy atom. The number of hydrogen-bond donors (Lipinski definition) is 3. The van der Waals surface area contributed by atoms with Crippen molar-refractivity contribution in [2.24, 2.45) is 0 Å². The van der Waals surface area contributed by atoms with Crippen molar-refractivity contribution in [3.63, 3.8) is 0 Å². The molecule has 5 heteroatoms. The lowest BCUT2D eigenvalue weighted by atomic mass is 10.1. The van der Waals surface area contributed by atoms with Gasteiger partial charge in [0, 0.05) is 23.4 Å². The second-order valence-corrected chi connectivity index (χ2v) is 5.84. The summed E-state index contributed by atoms with van der Waals surface area (Å²) in [6.45, 7) is 3.02. The summed E-state index contributed by atoms with van der Waals surface area (Å²) in [6.07, 6.45) is 3.88. The quantitative estimate of drug-likeness (QED) is 0.732. The van der Waals surface area contributed by atoms with Crippen LogP contribution in [0.25, 0.3) is 11.3 Å². The van der Waals surface area contributed by atoms with Crippen LogP contribution >= 0.6 is 11.8 Å². The van der Waals surface area contributed by atoms with E-state index in [1.54, 1.807) is 11.8 Å². The van der Waals surface area contributed by atoms with Gasteiger partial charge in [0.2, 0.25) is 0 Å². The molecule has 0 saturated carbocycles. The molecule has 0 saturated heterocycles. The second kappa shape index (κ2) is 7.47. The van der Waals surface area contributed by atoms with Gasteiger partial charge in [-0.1, -0.05) is 30.3 Å². The van der Waals surface area contributed by atoms with Gasteiger partial charge in [0.15, 0.2) is 0 Å². The fraction of sp³-hybridized carbons (Fsp3) is 0.400. The SMILES string of the molecule is CSC(CO)C(C)NCc1cn[nH]c1-c1ccccc1. The molecular formula is C15H21N3OS. The van der Waals surface area contributed by atoms with E-state index < -0.39 is 0 Å². The van der Waals surface area contributed by atoms with E-state index in [9.17, 15) is 5.11 Å². The maximum absolute atomic E-state index is 9.31. The molecule has 2 rings (SSSR count). The average molecular weight is 291 g/mol. The van der Waals surface area contributed by atoms with Crippen LogP contribution in [0.3, 0.4) is 0 Å². The third kappa shape index (κ3) is 3.62.